The molecule has 1 fully saturated rings. The predicted octanol–water partition coefficient (Wildman–Crippen LogP) is 6.08. The lowest BCUT2D eigenvalue weighted by Crippen LogP contribution is -2.28. The van der Waals surface area contributed by atoms with Crippen molar-refractivity contribution in [3.05, 3.63) is 29.3 Å². The van der Waals surface area contributed by atoms with Gasteiger partial charge in [-0.1, -0.05) is 46.8 Å². The van der Waals surface area contributed by atoms with Crippen LogP contribution in [0, 0.1) is 17.3 Å². The van der Waals surface area contributed by atoms with Gasteiger partial charge in [0, 0.05) is 12.2 Å². The Morgan fingerprint density at radius 2 is 1.68 bits per heavy atom. The number of anilines is 1. The van der Waals surface area contributed by atoms with Gasteiger partial charge in [-0.05, 0) is 73.0 Å². The lowest BCUT2D eigenvalue weighted by atomic mass is 9.70. The summed E-state index contributed by atoms with van der Waals surface area (Å²) in [5.74, 6) is 1.77. The van der Waals surface area contributed by atoms with Gasteiger partial charge in [-0.15, -0.1) is 0 Å². The third-order valence-corrected chi connectivity index (χ3v) is 5.62. The average molecular weight is 302 g/mol. The summed E-state index contributed by atoms with van der Waals surface area (Å²) in [6.45, 7) is 12.8. The zero-order valence-corrected chi connectivity index (χ0v) is 15.3. The molecule has 0 aromatic heterocycles. The van der Waals surface area contributed by atoms with E-state index in [0.29, 0.717) is 5.41 Å². The van der Waals surface area contributed by atoms with Crippen LogP contribution in [0.4, 0.5) is 5.69 Å². The van der Waals surface area contributed by atoms with E-state index in [0.717, 1.165) is 31.2 Å². The highest BCUT2D eigenvalue weighted by molar-refractivity contribution is 5.53. The molecule has 1 saturated carbocycles. The van der Waals surface area contributed by atoms with Gasteiger partial charge >= 0.3 is 0 Å². The molecule has 1 aromatic rings. The van der Waals surface area contributed by atoms with Crippen LogP contribution in [0.1, 0.15) is 71.4 Å². The Hall–Kier alpha value is -0.980. The van der Waals surface area contributed by atoms with Gasteiger partial charge in [0.25, 0.3) is 0 Å². The van der Waals surface area contributed by atoms with Crippen LogP contribution < -0.4 is 5.32 Å². The molecule has 0 amide bonds. The molecule has 22 heavy (non-hydrogen) atoms. The van der Waals surface area contributed by atoms with Crippen molar-refractivity contribution in [3.8, 4) is 0 Å². The molecular weight excluding hydrogens is 266 g/mol. The Bertz CT molecular complexity index is 461. The van der Waals surface area contributed by atoms with Crippen molar-refractivity contribution in [2.75, 3.05) is 11.9 Å². The maximum Gasteiger partial charge on any atom is 0.0375 e. The third kappa shape index (κ3) is 4.51. The Labute approximate surface area is 137 Å². The van der Waals surface area contributed by atoms with E-state index in [-0.39, 0.29) is 0 Å². The van der Waals surface area contributed by atoms with Crippen molar-refractivity contribution in [1.82, 2.24) is 0 Å². The van der Waals surface area contributed by atoms with Crippen LogP contribution in [-0.4, -0.2) is 6.54 Å². The highest BCUT2D eigenvalue weighted by Gasteiger charge is 2.29. The number of benzene rings is 1. The molecule has 2 rings (SSSR count). The van der Waals surface area contributed by atoms with Crippen LogP contribution >= 0.6 is 0 Å². The minimum Gasteiger partial charge on any atom is -0.385 e. The number of rotatable bonds is 5. The largest absolute Gasteiger partial charge is 0.385 e. The first-order valence-electron chi connectivity index (χ1n) is 9.29. The Morgan fingerprint density at radius 1 is 1.00 bits per heavy atom. The maximum atomic E-state index is 3.76. The first-order chi connectivity index (χ1) is 10.4. The quantitative estimate of drug-likeness (QED) is 0.695. The molecule has 1 aliphatic rings. The fourth-order valence-corrected chi connectivity index (χ4v) is 3.80. The van der Waals surface area contributed by atoms with Crippen molar-refractivity contribution in [2.24, 2.45) is 17.3 Å². The summed E-state index contributed by atoms with van der Waals surface area (Å²) in [5, 5.41) is 3.76. The lowest BCUT2D eigenvalue weighted by molar-refractivity contribution is 0.153. The first-order valence-corrected chi connectivity index (χ1v) is 9.29. The third-order valence-electron chi connectivity index (χ3n) is 5.62. The summed E-state index contributed by atoms with van der Waals surface area (Å²) in [7, 11) is 0. The summed E-state index contributed by atoms with van der Waals surface area (Å²) in [4.78, 5) is 0. The highest BCUT2D eigenvalue weighted by Crippen LogP contribution is 2.39. The maximum absolute atomic E-state index is 3.76. The molecule has 0 atom stereocenters. The van der Waals surface area contributed by atoms with E-state index < -0.39 is 0 Å². The number of nitrogens with one attached hydrogen (secondary N) is 1. The molecular formula is C21H35N. The van der Waals surface area contributed by atoms with E-state index in [4.69, 9.17) is 0 Å². The van der Waals surface area contributed by atoms with E-state index in [1.807, 2.05) is 0 Å². The molecule has 0 radical (unpaired) electrons. The molecule has 0 saturated heterocycles. The number of hydrogen-bond donors (Lipinski definition) is 1. The second-order valence-electron chi connectivity index (χ2n) is 8.16. The lowest BCUT2D eigenvalue weighted by Gasteiger charge is -2.37. The van der Waals surface area contributed by atoms with Crippen LogP contribution in [0.2, 0.25) is 0 Å². The van der Waals surface area contributed by atoms with Crippen LogP contribution in [0.5, 0.6) is 0 Å². The van der Waals surface area contributed by atoms with Crippen LogP contribution in [-0.2, 0) is 12.8 Å². The molecule has 0 bridgehead atoms. The number of aryl methyl sites for hydroxylation is 2. The second kappa shape index (κ2) is 7.53. The van der Waals surface area contributed by atoms with E-state index in [2.05, 4.69) is 58.1 Å². The van der Waals surface area contributed by atoms with Crippen molar-refractivity contribution < 1.29 is 0 Å². The van der Waals surface area contributed by atoms with Crippen LogP contribution in [0.25, 0.3) is 0 Å². The molecule has 124 valence electrons. The van der Waals surface area contributed by atoms with Crippen molar-refractivity contribution in [1.29, 1.82) is 0 Å². The predicted molar refractivity (Wildman–Crippen MR) is 98.6 cm³/mol. The summed E-state index contributed by atoms with van der Waals surface area (Å²) in [5.41, 5.74) is 4.76. The van der Waals surface area contributed by atoms with Crippen LogP contribution in [0.15, 0.2) is 18.2 Å². The normalized spacial score (nSPS) is 22.6. The minimum absolute atomic E-state index is 0.489. The summed E-state index contributed by atoms with van der Waals surface area (Å²) in [6.07, 6.45) is 7.84. The zero-order chi connectivity index (χ0) is 16.2. The van der Waals surface area contributed by atoms with Gasteiger partial charge < -0.3 is 5.32 Å². The van der Waals surface area contributed by atoms with Gasteiger partial charge in [0.05, 0.1) is 0 Å². The Kier molecular flexibility index (Phi) is 5.94. The highest BCUT2D eigenvalue weighted by atomic mass is 14.9. The van der Waals surface area contributed by atoms with Crippen molar-refractivity contribution in [3.63, 3.8) is 0 Å². The van der Waals surface area contributed by atoms with Gasteiger partial charge in [0.1, 0.15) is 0 Å². The van der Waals surface area contributed by atoms with E-state index in [1.54, 1.807) is 0 Å². The molecule has 0 spiro atoms. The van der Waals surface area contributed by atoms with Gasteiger partial charge in [-0.25, -0.2) is 0 Å². The molecule has 1 heteroatoms. The fourth-order valence-electron chi connectivity index (χ4n) is 3.80. The van der Waals surface area contributed by atoms with Gasteiger partial charge in [-0.2, -0.15) is 0 Å². The van der Waals surface area contributed by atoms with E-state index in [9.17, 15) is 0 Å². The molecule has 0 unspecified atom stereocenters. The number of hydrogen-bond acceptors (Lipinski definition) is 1. The summed E-state index contributed by atoms with van der Waals surface area (Å²) in [6, 6.07) is 6.94. The van der Waals surface area contributed by atoms with Gasteiger partial charge in [0.15, 0.2) is 0 Å². The molecule has 0 aliphatic heterocycles. The van der Waals surface area contributed by atoms with E-state index >= 15 is 0 Å². The topological polar surface area (TPSA) is 12.0 Å². The minimum atomic E-state index is 0.489. The Morgan fingerprint density at radius 3 is 2.23 bits per heavy atom. The van der Waals surface area contributed by atoms with Crippen molar-refractivity contribution in [2.45, 2.75) is 73.1 Å². The first kappa shape index (κ1) is 17.4. The Balaban J connectivity index is 1.89. The monoisotopic (exact) mass is 301 g/mol. The SMILES string of the molecule is CCc1ccc(CC)c(NCC2CCC(C(C)(C)C)CC2)c1. The average Bonchev–Trinajstić information content (AvgIpc) is 2.52. The van der Waals surface area contributed by atoms with Crippen LogP contribution in [0.3, 0.4) is 0 Å². The molecule has 1 aromatic carbocycles. The summed E-state index contributed by atoms with van der Waals surface area (Å²) >= 11 is 0. The fraction of sp³-hybridized carbons (Fsp3) is 0.714. The molecule has 0 heterocycles. The van der Waals surface area contributed by atoms with Gasteiger partial charge in [0.2, 0.25) is 0 Å². The smallest absolute Gasteiger partial charge is 0.0375 e. The molecule has 1 aliphatic carbocycles. The molecule has 1 N–H and O–H groups in total. The zero-order valence-electron chi connectivity index (χ0n) is 15.3. The van der Waals surface area contributed by atoms with E-state index in [1.165, 1.54) is 42.5 Å². The standard InChI is InChI=1S/C21H35N/c1-6-16-8-11-18(7-2)20(14-16)22-15-17-9-12-19(13-10-17)21(3,4)5/h8,11,14,17,19,22H,6-7,9-10,12-13,15H2,1-5H3. The summed E-state index contributed by atoms with van der Waals surface area (Å²) < 4.78 is 0. The molecule has 1 nitrogen and oxygen atoms in total. The second-order valence-corrected chi connectivity index (χ2v) is 8.16. The van der Waals surface area contributed by atoms with Crippen molar-refractivity contribution >= 4 is 5.69 Å². The van der Waals surface area contributed by atoms with Gasteiger partial charge in [-0.3, -0.25) is 0 Å².